The first kappa shape index (κ1) is 26.5. The lowest BCUT2D eigenvalue weighted by atomic mass is 9.80. The Balaban J connectivity index is 1.47. The minimum Gasteiger partial charge on any atom is -0.410 e. The highest BCUT2D eigenvalue weighted by Crippen LogP contribution is 2.39. The number of ether oxygens (including phenoxy) is 2. The molecule has 2 fully saturated rings. The fourth-order valence-electron chi connectivity index (χ4n) is 4.80. The molecule has 8 heteroatoms. The van der Waals surface area contributed by atoms with Gasteiger partial charge in [-0.15, -0.1) is 0 Å². The number of nitrogens with zero attached hydrogens (tertiary/aromatic N) is 3. The summed E-state index contributed by atoms with van der Waals surface area (Å²) in [6.45, 7) is 11.9. The molecule has 1 amide bonds. The molecule has 0 bridgehead atoms. The maximum absolute atomic E-state index is 12.7. The molecule has 7 nitrogen and oxygen atoms in total. The molecule has 0 saturated carbocycles. The number of amides is 1. The van der Waals surface area contributed by atoms with Gasteiger partial charge in [0.05, 0.1) is 16.0 Å². The predicted octanol–water partition coefficient (Wildman–Crippen LogP) is 4.78. The van der Waals surface area contributed by atoms with Gasteiger partial charge in [0.15, 0.2) is 0 Å². The number of rotatable bonds is 5. The lowest BCUT2D eigenvalue weighted by Gasteiger charge is -2.49. The zero-order valence-corrected chi connectivity index (χ0v) is 22.6. The third kappa shape index (κ3) is 6.05. The van der Waals surface area contributed by atoms with E-state index in [9.17, 15) is 9.00 Å². The van der Waals surface area contributed by atoms with Crippen LogP contribution in [-0.4, -0.2) is 70.0 Å². The Morgan fingerprint density at radius 2 is 1.58 bits per heavy atom. The molecule has 2 aliphatic rings. The first-order chi connectivity index (χ1) is 17.2. The van der Waals surface area contributed by atoms with E-state index in [4.69, 9.17) is 9.47 Å². The highest BCUT2D eigenvalue weighted by Gasteiger charge is 2.42. The summed E-state index contributed by atoms with van der Waals surface area (Å²) in [5, 5.41) is 0. The zero-order valence-electron chi connectivity index (χ0n) is 21.7. The van der Waals surface area contributed by atoms with Gasteiger partial charge in [0.1, 0.15) is 16.7 Å². The topological polar surface area (TPSA) is 71.4 Å². The van der Waals surface area contributed by atoms with Crippen LogP contribution in [0.1, 0.15) is 51.7 Å². The molecule has 0 radical (unpaired) electrons. The van der Waals surface area contributed by atoms with E-state index in [0.29, 0.717) is 32.1 Å². The number of hydrogen-bond acceptors (Lipinski definition) is 5. The average Bonchev–Trinajstić information content (AvgIpc) is 2.89. The largest absolute Gasteiger partial charge is 0.415 e. The number of carbonyl (C=O) groups is 1. The van der Waals surface area contributed by atoms with Crippen molar-refractivity contribution in [2.24, 2.45) is 4.40 Å². The second-order valence-electron chi connectivity index (χ2n) is 10.4. The molecule has 1 atom stereocenters. The van der Waals surface area contributed by atoms with Gasteiger partial charge in [-0.05, 0) is 63.8 Å². The number of hydrogen-bond donors (Lipinski definition) is 0. The number of para-hydroxylation sites is 1. The van der Waals surface area contributed by atoms with E-state index >= 15 is 0 Å². The molecular formula is C28H37N3O4S. The first-order valence-corrected chi connectivity index (χ1v) is 13.7. The number of carbonyl (C=O) groups excluding carboxylic acids is 1. The fourth-order valence-corrected chi connectivity index (χ4v) is 5.43. The van der Waals surface area contributed by atoms with Crippen LogP contribution < -0.4 is 4.74 Å². The van der Waals surface area contributed by atoms with Gasteiger partial charge in [-0.3, -0.25) is 4.90 Å². The first-order valence-electron chi connectivity index (χ1n) is 12.6. The second kappa shape index (κ2) is 11.2. The summed E-state index contributed by atoms with van der Waals surface area (Å²) >= 11 is 0. The van der Waals surface area contributed by atoms with Gasteiger partial charge in [-0.2, -0.15) is 4.40 Å². The smallest absolute Gasteiger partial charge is 0.410 e. The van der Waals surface area contributed by atoms with Crippen molar-refractivity contribution in [3.8, 4) is 5.75 Å². The van der Waals surface area contributed by atoms with Crippen LogP contribution in [0.25, 0.3) is 0 Å². The van der Waals surface area contributed by atoms with Crippen molar-refractivity contribution in [2.75, 3.05) is 39.4 Å². The maximum Gasteiger partial charge on any atom is 0.415 e. The van der Waals surface area contributed by atoms with Crippen molar-refractivity contribution in [3.63, 3.8) is 0 Å². The Morgan fingerprint density at radius 3 is 2.17 bits per heavy atom. The summed E-state index contributed by atoms with van der Waals surface area (Å²) < 4.78 is 27.8. The Kier molecular flexibility index (Phi) is 8.27. The van der Waals surface area contributed by atoms with Crippen LogP contribution >= 0.6 is 0 Å². The SMILES string of the molecule is C/C(=N\[S@@](=O)C(C)(C)C)c1ccc(C2(N3CCN(C(=O)Oc4ccccc4)CC3)CCOCC2)cc1. The van der Waals surface area contributed by atoms with Crippen LogP contribution in [0, 0.1) is 0 Å². The monoisotopic (exact) mass is 511 g/mol. The Bertz CT molecular complexity index is 1080. The lowest BCUT2D eigenvalue weighted by molar-refractivity contribution is -0.0483. The predicted molar refractivity (Wildman–Crippen MR) is 144 cm³/mol. The maximum atomic E-state index is 12.7. The molecule has 194 valence electrons. The molecule has 4 rings (SSSR count). The fraction of sp³-hybridized carbons (Fsp3) is 0.500. The normalized spacial score (nSPS) is 20.1. The third-order valence-electron chi connectivity index (χ3n) is 7.00. The highest BCUT2D eigenvalue weighted by molar-refractivity contribution is 7.85. The second-order valence-corrected chi connectivity index (χ2v) is 12.3. The van der Waals surface area contributed by atoms with Crippen LogP contribution in [0.5, 0.6) is 5.75 Å². The molecule has 2 aliphatic heterocycles. The van der Waals surface area contributed by atoms with Crippen LogP contribution in [0.3, 0.4) is 0 Å². The van der Waals surface area contributed by atoms with Crippen molar-refractivity contribution in [1.29, 1.82) is 0 Å². The van der Waals surface area contributed by atoms with Crippen molar-refractivity contribution in [2.45, 2.75) is 50.8 Å². The van der Waals surface area contributed by atoms with Crippen molar-refractivity contribution in [3.05, 3.63) is 65.7 Å². The highest BCUT2D eigenvalue weighted by atomic mass is 32.2. The van der Waals surface area contributed by atoms with E-state index in [1.54, 1.807) is 17.0 Å². The summed E-state index contributed by atoms with van der Waals surface area (Å²) in [5.41, 5.74) is 2.87. The van der Waals surface area contributed by atoms with Gasteiger partial charge in [-0.1, -0.05) is 42.5 Å². The molecular weight excluding hydrogens is 474 g/mol. The van der Waals surface area contributed by atoms with Gasteiger partial charge >= 0.3 is 6.09 Å². The standard InChI is InChI=1S/C28H37N3O4S/c1-22(29-36(33)27(2,3)4)23-10-12-24(13-11-23)28(14-20-34-21-15-28)31-18-16-30(17-19-31)26(32)35-25-8-6-5-7-9-25/h5-13H,14-21H2,1-4H3/b29-22+/t36-/m0/s1. The molecule has 2 saturated heterocycles. The van der Waals surface area contributed by atoms with E-state index in [2.05, 4.69) is 33.6 Å². The minimum atomic E-state index is -1.29. The molecule has 0 unspecified atom stereocenters. The Morgan fingerprint density at radius 1 is 0.972 bits per heavy atom. The average molecular weight is 512 g/mol. The van der Waals surface area contributed by atoms with Crippen molar-refractivity contribution < 1.29 is 18.5 Å². The van der Waals surface area contributed by atoms with E-state index in [-0.39, 0.29) is 16.4 Å². The molecule has 0 aromatic heterocycles. The minimum absolute atomic E-state index is 0.133. The van der Waals surface area contributed by atoms with Crippen LogP contribution in [0.15, 0.2) is 59.0 Å². The van der Waals surface area contributed by atoms with Crippen LogP contribution in [0.2, 0.25) is 0 Å². The molecule has 2 heterocycles. The molecule has 36 heavy (non-hydrogen) atoms. The summed E-state index contributed by atoms with van der Waals surface area (Å²) in [4.78, 5) is 17.0. The molecule has 2 aromatic rings. The van der Waals surface area contributed by atoms with E-state index in [0.717, 1.165) is 37.2 Å². The van der Waals surface area contributed by atoms with Gasteiger partial charge in [0, 0.05) is 39.4 Å². The molecule has 0 spiro atoms. The molecule has 0 aliphatic carbocycles. The Hall–Kier alpha value is -2.55. The van der Waals surface area contributed by atoms with Gasteiger partial charge in [0.25, 0.3) is 0 Å². The lowest BCUT2D eigenvalue weighted by Crippen LogP contribution is -2.58. The van der Waals surface area contributed by atoms with Crippen molar-refractivity contribution >= 4 is 22.8 Å². The molecule has 0 N–H and O–H groups in total. The van der Waals surface area contributed by atoms with E-state index < -0.39 is 11.0 Å². The third-order valence-corrected chi connectivity index (χ3v) is 8.48. The quantitative estimate of drug-likeness (QED) is 0.541. The number of piperazine rings is 1. The number of benzene rings is 2. The van der Waals surface area contributed by atoms with Gasteiger partial charge in [-0.25, -0.2) is 9.00 Å². The van der Waals surface area contributed by atoms with Crippen LogP contribution in [0.4, 0.5) is 4.79 Å². The molecule has 2 aromatic carbocycles. The summed E-state index contributed by atoms with van der Waals surface area (Å²) in [6.07, 6.45) is 1.51. The summed E-state index contributed by atoms with van der Waals surface area (Å²) in [5.74, 6) is 0.566. The van der Waals surface area contributed by atoms with E-state index in [1.165, 1.54) is 5.56 Å². The van der Waals surface area contributed by atoms with Crippen molar-refractivity contribution in [1.82, 2.24) is 9.80 Å². The summed E-state index contributed by atoms with van der Waals surface area (Å²) in [7, 11) is -1.29. The van der Waals surface area contributed by atoms with E-state index in [1.807, 2.05) is 45.9 Å². The summed E-state index contributed by atoms with van der Waals surface area (Å²) in [6, 6.07) is 17.7. The Labute approximate surface area is 217 Å². The zero-order chi connectivity index (χ0) is 25.8. The van der Waals surface area contributed by atoms with Crippen LogP contribution in [-0.2, 0) is 21.3 Å². The van der Waals surface area contributed by atoms with Gasteiger partial charge < -0.3 is 14.4 Å². The van der Waals surface area contributed by atoms with Gasteiger partial charge in [0.2, 0.25) is 0 Å².